The van der Waals surface area contributed by atoms with Crippen LogP contribution in [0.25, 0.3) is 0 Å². The number of thiol groups is 1. The van der Waals surface area contributed by atoms with Crippen LogP contribution in [0, 0.1) is 0 Å². The standard InChI is InChI=1S/C24H52N2OS/c1-4-26(5-2,6-3)22-19-17-15-13-11-9-7-8-10-12-14-16-18-21-25-27-23-20-24-28/h25H,4-24H2,1-3H3/p+1. The van der Waals surface area contributed by atoms with Crippen LogP contribution in [0.15, 0.2) is 0 Å². The Labute approximate surface area is 183 Å². The van der Waals surface area contributed by atoms with Gasteiger partial charge in [-0.25, -0.2) is 5.48 Å². The number of nitrogens with one attached hydrogen (secondary N) is 1. The summed E-state index contributed by atoms with van der Waals surface area (Å²) in [5.41, 5.74) is 3.04. The Kier molecular flexibility index (Phi) is 22.1. The summed E-state index contributed by atoms with van der Waals surface area (Å²) >= 11 is 4.16. The lowest BCUT2D eigenvalue weighted by molar-refractivity contribution is -0.923. The molecule has 0 saturated carbocycles. The summed E-state index contributed by atoms with van der Waals surface area (Å²) in [6.45, 7) is 14.1. The summed E-state index contributed by atoms with van der Waals surface area (Å²) in [6.07, 6.45) is 19.4. The number of rotatable bonds is 23. The molecule has 0 saturated heterocycles. The lowest BCUT2D eigenvalue weighted by Gasteiger charge is -2.35. The van der Waals surface area contributed by atoms with E-state index in [0.717, 1.165) is 25.3 Å². The lowest BCUT2D eigenvalue weighted by atomic mass is 10.0. The van der Waals surface area contributed by atoms with Crippen LogP contribution in [0.2, 0.25) is 0 Å². The highest BCUT2D eigenvalue weighted by Gasteiger charge is 2.19. The van der Waals surface area contributed by atoms with E-state index in [1.807, 2.05) is 0 Å². The molecule has 1 N–H and O–H groups in total. The van der Waals surface area contributed by atoms with E-state index in [9.17, 15) is 0 Å². The maximum atomic E-state index is 5.32. The summed E-state index contributed by atoms with van der Waals surface area (Å²) in [4.78, 5) is 5.32. The number of hydrogen-bond donors (Lipinski definition) is 2. The van der Waals surface area contributed by atoms with Crippen molar-refractivity contribution in [2.24, 2.45) is 0 Å². The predicted molar refractivity (Wildman–Crippen MR) is 129 cm³/mol. The minimum atomic E-state index is 0.778. The third-order valence-corrected chi connectivity index (χ3v) is 6.75. The van der Waals surface area contributed by atoms with Gasteiger partial charge in [0.05, 0.1) is 32.8 Å². The van der Waals surface area contributed by atoms with Gasteiger partial charge in [-0.1, -0.05) is 64.2 Å². The first-order valence-corrected chi connectivity index (χ1v) is 13.2. The van der Waals surface area contributed by atoms with E-state index in [0.29, 0.717) is 0 Å². The first kappa shape index (κ1) is 28.2. The molecular formula is C24H53N2OS+. The average molecular weight is 418 g/mol. The molecule has 0 bridgehead atoms. The highest BCUT2D eigenvalue weighted by atomic mass is 32.1. The second kappa shape index (κ2) is 21.9. The highest BCUT2D eigenvalue weighted by molar-refractivity contribution is 7.80. The number of unbranched alkanes of at least 4 members (excludes halogenated alkanes) is 12. The summed E-state index contributed by atoms with van der Waals surface area (Å²) in [6, 6.07) is 0. The van der Waals surface area contributed by atoms with Crippen LogP contribution < -0.4 is 5.48 Å². The lowest BCUT2D eigenvalue weighted by Crippen LogP contribution is -2.48. The second-order valence-electron chi connectivity index (χ2n) is 8.43. The van der Waals surface area contributed by atoms with Crippen molar-refractivity contribution in [2.45, 2.75) is 111 Å². The van der Waals surface area contributed by atoms with Gasteiger partial charge in [0.25, 0.3) is 0 Å². The highest BCUT2D eigenvalue weighted by Crippen LogP contribution is 2.14. The molecule has 0 aromatic carbocycles. The second-order valence-corrected chi connectivity index (χ2v) is 8.88. The molecule has 0 heterocycles. The molecule has 0 rings (SSSR count). The van der Waals surface area contributed by atoms with Crippen molar-refractivity contribution in [2.75, 3.05) is 45.1 Å². The molecule has 0 aliphatic carbocycles. The molecule has 0 atom stereocenters. The van der Waals surface area contributed by atoms with Crippen molar-refractivity contribution in [1.29, 1.82) is 0 Å². The van der Waals surface area contributed by atoms with Gasteiger partial charge >= 0.3 is 0 Å². The van der Waals surface area contributed by atoms with Crippen molar-refractivity contribution in [3.05, 3.63) is 0 Å². The molecule has 4 heteroatoms. The van der Waals surface area contributed by atoms with Gasteiger partial charge in [0.15, 0.2) is 0 Å². The van der Waals surface area contributed by atoms with E-state index >= 15 is 0 Å². The molecule has 0 aliphatic heterocycles. The molecule has 0 fully saturated rings. The summed E-state index contributed by atoms with van der Waals surface area (Å²) < 4.78 is 1.32. The average Bonchev–Trinajstić information content (AvgIpc) is 2.73. The zero-order chi connectivity index (χ0) is 20.8. The Morgan fingerprint density at radius 1 is 0.607 bits per heavy atom. The van der Waals surface area contributed by atoms with Crippen LogP contribution >= 0.6 is 12.6 Å². The van der Waals surface area contributed by atoms with Crippen LogP contribution in [0.5, 0.6) is 0 Å². The van der Waals surface area contributed by atoms with E-state index < -0.39 is 0 Å². The quantitative estimate of drug-likeness (QED) is 0.0828. The zero-order valence-electron chi connectivity index (χ0n) is 19.7. The molecule has 0 aromatic heterocycles. The first-order valence-electron chi connectivity index (χ1n) is 12.5. The van der Waals surface area contributed by atoms with E-state index in [4.69, 9.17) is 4.84 Å². The van der Waals surface area contributed by atoms with Gasteiger partial charge < -0.3 is 9.32 Å². The van der Waals surface area contributed by atoms with E-state index in [1.165, 1.54) is 114 Å². The van der Waals surface area contributed by atoms with Crippen LogP contribution in [-0.2, 0) is 4.84 Å². The molecule has 28 heavy (non-hydrogen) atoms. The van der Waals surface area contributed by atoms with Gasteiger partial charge in [0, 0.05) is 6.54 Å². The fourth-order valence-electron chi connectivity index (χ4n) is 4.02. The molecule has 0 spiro atoms. The van der Waals surface area contributed by atoms with Gasteiger partial charge in [-0.15, -0.1) is 0 Å². The Balaban J connectivity index is 3.18. The van der Waals surface area contributed by atoms with E-state index in [-0.39, 0.29) is 0 Å². The minimum Gasteiger partial charge on any atom is -0.324 e. The maximum absolute atomic E-state index is 5.32. The van der Waals surface area contributed by atoms with Gasteiger partial charge in [0.2, 0.25) is 0 Å². The Morgan fingerprint density at radius 2 is 1.04 bits per heavy atom. The molecule has 0 radical (unpaired) electrons. The molecule has 0 aliphatic rings. The largest absolute Gasteiger partial charge is 0.324 e. The van der Waals surface area contributed by atoms with Gasteiger partial charge in [-0.3, -0.25) is 0 Å². The Bertz CT molecular complexity index is 290. The molecule has 170 valence electrons. The number of nitrogens with zero attached hydrogens (tertiary/aromatic N) is 1. The van der Waals surface area contributed by atoms with Crippen molar-refractivity contribution < 1.29 is 9.32 Å². The van der Waals surface area contributed by atoms with Crippen molar-refractivity contribution in [3.63, 3.8) is 0 Å². The molecule has 0 unspecified atom stereocenters. The SMILES string of the molecule is CC[N+](CC)(CC)CCCCCCCCCCCCCCCNOCCCS. The molecule has 0 amide bonds. The van der Waals surface area contributed by atoms with Crippen molar-refractivity contribution in [1.82, 2.24) is 5.48 Å². The Morgan fingerprint density at radius 3 is 1.46 bits per heavy atom. The molecular weight excluding hydrogens is 364 g/mol. The van der Waals surface area contributed by atoms with Crippen LogP contribution in [0.4, 0.5) is 0 Å². The van der Waals surface area contributed by atoms with Crippen LogP contribution in [0.1, 0.15) is 111 Å². The van der Waals surface area contributed by atoms with Crippen LogP contribution in [-0.4, -0.2) is 49.6 Å². The predicted octanol–water partition coefficient (Wildman–Crippen LogP) is 6.78. The van der Waals surface area contributed by atoms with Crippen LogP contribution in [0.3, 0.4) is 0 Å². The topological polar surface area (TPSA) is 21.3 Å². The molecule has 3 nitrogen and oxygen atoms in total. The summed E-state index contributed by atoms with van der Waals surface area (Å²) in [7, 11) is 0. The number of quaternary nitrogens is 1. The summed E-state index contributed by atoms with van der Waals surface area (Å²) in [5, 5.41) is 0. The van der Waals surface area contributed by atoms with Crippen molar-refractivity contribution in [3.8, 4) is 0 Å². The fourth-order valence-corrected chi connectivity index (χ4v) is 4.14. The van der Waals surface area contributed by atoms with E-state index in [2.05, 4.69) is 38.9 Å². The normalized spacial score (nSPS) is 12.0. The molecule has 0 aromatic rings. The fraction of sp³-hybridized carbons (Fsp3) is 1.00. The van der Waals surface area contributed by atoms with Crippen molar-refractivity contribution >= 4 is 12.6 Å². The monoisotopic (exact) mass is 417 g/mol. The first-order chi connectivity index (χ1) is 13.7. The number of hydroxylamine groups is 1. The third kappa shape index (κ3) is 17.1. The van der Waals surface area contributed by atoms with Gasteiger partial charge in [-0.2, -0.15) is 12.6 Å². The summed E-state index contributed by atoms with van der Waals surface area (Å²) in [5.74, 6) is 0.902. The maximum Gasteiger partial charge on any atom is 0.0786 e. The minimum absolute atomic E-state index is 0.778. The Hall–Kier alpha value is 0.230. The van der Waals surface area contributed by atoms with Gasteiger partial charge in [0.1, 0.15) is 0 Å². The van der Waals surface area contributed by atoms with E-state index in [1.54, 1.807) is 0 Å². The number of hydrogen-bond acceptors (Lipinski definition) is 3. The van der Waals surface area contributed by atoms with Gasteiger partial charge in [-0.05, 0) is 52.2 Å². The third-order valence-electron chi connectivity index (χ3n) is 6.43. The zero-order valence-corrected chi connectivity index (χ0v) is 20.5. The smallest absolute Gasteiger partial charge is 0.0786 e.